The predicted octanol–water partition coefficient (Wildman–Crippen LogP) is 3.93. The number of hydrogen-bond acceptors (Lipinski definition) is 3. The summed E-state index contributed by atoms with van der Waals surface area (Å²) in [6.45, 7) is 3.61. The maximum Gasteiger partial charge on any atom is 0.161 e. The summed E-state index contributed by atoms with van der Waals surface area (Å²) < 4.78 is 0. The molecule has 0 aliphatic heterocycles. The fourth-order valence-electron chi connectivity index (χ4n) is 1.70. The molecule has 2 rings (SSSR count). The number of hydrogen-bond donors (Lipinski definition) is 1. The van der Waals surface area contributed by atoms with Gasteiger partial charge in [-0.05, 0) is 43.7 Å². The minimum atomic E-state index is -0.000247. The number of ketones is 1. The van der Waals surface area contributed by atoms with Crippen LogP contribution in [-0.4, -0.2) is 5.78 Å². The van der Waals surface area contributed by atoms with E-state index in [1.54, 1.807) is 17.8 Å². The van der Waals surface area contributed by atoms with Crippen molar-refractivity contribution >= 4 is 23.2 Å². The number of aryl methyl sites for hydroxylation is 1. The molecule has 3 heteroatoms. The summed E-state index contributed by atoms with van der Waals surface area (Å²) in [6, 6.07) is 13.8. The Morgan fingerprint density at radius 2 is 1.89 bits per heavy atom. The van der Waals surface area contributed by atoms with Gasteiger partial charge >= 0.3 is 0 Å². The van der Waals surface area contributed by atoms with Crippen molar-refractivity contribution in [2.24, 2.45) is 0 Å². The number of carbonyl (C=O) groups is 1. The highest BCUT2D eigenvalue weighted by Gasteiger charge is 2.07. The van der Waals surface area contributed by atoms with Gasteiger partial charge in [-0.25, -0.2) is 0 Å². The van der Waals surface area contributed by atoms with Crippen LogP contribution < -0.4 is 5.73 Å². The highest BCUT2D eigenvalue weighted by atomic mass is 32.2. The Kier molecular flexibility index (Phi) is 3.72. The molecule has 0 saturated heterocycles. The van der Waals surface area contributed by atoms with Gasteiger partial charge in [0.1, 0.15) is 0 Å². The molecule has 0 amide bonds. The third-order valence-corrected chi connectivity index (χ3v) is 3.89. The van der Waals surface area contributed by atoms with E-state index in [0.29, 0.717) is 11.3 Å². The lowest BCUT2D eigenvalue weighted by molar-refractivity contribution is 0.101. The van der Waals surface area contributed by atoms with E-state index in [0.717, 1.165) is 4.90 Å². The van der Waals surface area contributed by atoms with Crippen molar-refractivity contribution in [2.75, 3.05) is 5.73 Å². The Labute approximate surface area is 111 Å². The van der Waals surface area contributed by atoms with Gasteiger partial charge in [-0.15, -0.1) is 0 Å². The Balaban J connectivity index is 2.33. The molecule has 2 nitrogen and oxygen atoms in total. The fourth-order valence-corrected chi connectivity index (χ4v) is 2.64. The van der Waals surface area contributed by atoms with E-state index in [1.807, 2.05) is 24.3 Å². The van der Waals surface area contributed by atoms with Gasteiger partial charge in [0.15, 0.2) is 5.78 Å². The number of nitrogens with two attached hydrogens (primary N) is 1. The van der Waals surface area contributed by atoms with Crippen molar-refractivity contribution in [1.29, 1.82) is 0 Å². The zero-order valence-corrected chi connectivity index (χ0v) is 11.3. The molecule has 2 aromatic rings. The van der Waals surface area contributed by atoms with E-state index in [9.17, 15) is 4.79 Å². The highest BCUT2D eigenvalue weighted by Crippen LogP contribution is 2.31. The Morgan fingerprint density at radius 1 is 1.17 bits per heavy atom. The first-order valence-electron chi connectivity index (χ1n) is 5.72. The first-order valence-corrected chi connectivity index (χ1v) is 6.53. The van der Waals surface area contributed by atoms with Crippen molar-refractivity contribution in [3.8, 4) is 0 Å². The maximum absolute atomic E-state index is 11.4. The van der Waals surface area contributed by atoms with Crippen LogP contribution in [0.1, 0.15) is 22.8 Å². The third kappa shape index (κ3) is 2.74. The third-order valence-electron chi connectivity index (χ3n) is 2.73. The average molecular weight is 257 g/mol. The number of benzene rings is 2. The van der Waals surface area contributed by atoms with Gasteiger partial charge in [-0.2, -0.15) is 0 Å². The van der Waals surface area contributed by atoms with E-state index in [2.05, 4.69) is 19.1 Å². The van der Waals surface area contributed by atoms with Gasteiger partial charge in [-0.3, -0.25) is 4.79 Å². The van der Waals surface area contributed by atoms with E-state index in [1.165, 1.54) is 17.4 Å². The van der Waals surface area contributed by atoms with Crippen LogP contribution in [0.5, 0.6) is 0 Å². The van der Waals surface area contributed by atoms with Crippen LogP contribution in [0, 0.1) is 6.92 Å². The van der Waals surface area contributed by atoms with Crippen LogP contribution in [0.4, 0.5) is 5.69 Å². The molecule has 0 unspecified atom stereocenters. The molecular formula is C15H15NOS. The molecule has 0 aromatic heterocycles. The standard InChI is InChI=1S/C15H15NOS/c1-10-5-3-4-6-15(10)18-12-7-8-14(16)13(9-12)11(2)17/h3-9H,16H2,1-2H3. The molecule has 0 bridgehead atoms. The highest BCUT2D eigenvalue weighted by molar-refractivity contribution is 7.99. The first-order chi connectivity index (χ1) is 8.58. The fraction of sp³-hybridized carbons (Fsp3) is 0.133. The molecule has 0 radical (unpaired) electrons. The van der Waals surface area contributed by atoms with E-state index < -0.39 is 0 Å². The zero-order chi connectivity index (χ0) is 13.1. The van der Waals surface area contributed by atoms with Crippen LogP contribution in [0.2, 0.25) is 0 Å². The number of nitrogen functional groups attached to an aromatic ring is 1. The summed E-state index contributed by atoms with van der Waals surface area (Å²) in [4.78, 5) is 13.7. The summed E-state index contributed by atoms with van der Waals surface area (Å²) in [5.41, 5.74) is 8.14. The van der Waals surface area contributed by atoms with Crippen LogP contribution in [0.3, 0.4) is 0 Å². The second-order valence-electron chi connectivity index (χ2n) is 4.17. The normalized spacial score (nSPS) is 10.3. The van der Waals surface area contributed by atoms with E-state index in [4.69, 9.17) is 5.73 Å². The molecule has 0 aliphatic carbocycles. The summed E-state index contributed by atoms with van der Waals surface area (Å²) in [5, 5.41) is 0. The number of carbonyl (C=O) groups excluding carboxylic acids is 1. The van der Waals surface area contributed by atoms with E-state index >= 15 is 0 Å². The summed E-state index contributed by atoms with van der Waals surface area (Å²) >= 11 is 1.65. The van der Waals surface area contributed by atoms with Crippen molar-refractivity contribution < 1.29 is 4.79 Å². The lowest BCUT2D eigenvalue weighted by Crippen LogP contribution is -1.99. The summed E-state index contributed by atoms with van der Waals surface area (Å²) in [7, 11) is 0. The molecule has 0 fully saturated rings. The van der Waals surface area contributed by atoms with Gasteiger partial charge in [0.25, 0.3) is 0 Å². The molecule has 0 saturated carbocycles. The van der Waals surface area contributed by atoms with Crippen LogP contribution in [-0.2, 0) is 0 Å². The van der Waals surface area contributed by atoms with Gasteiger partial charge in [0.2, 0.25) is 0 Å². The molecule has 0 atom stereocenters. The zero-order valence-electron chi connectivity index (χ0n) is 10.4. The minimum Gasteiger partial charge on any atom is -0.398 e. The number of anilines is 1. The average Bonchev–Trinajstić information content (AvgIpc) is 2.34. The maximum atomic E-state index is 11.4. The first kappa shape index (κ1) is 12.7. The molecule has 92 valence electrons. The second-order valence-corrected chi connectivity index (χ2v) is 5.29. The van der Waals surface area contributed by atoms with Gasteiger partial charge in [0.05, 0.1) is 0 Å². The van der Waals surface area contributed by atoms with Crippen molar-refractivity contribution in [1.82, 2.24) is 0 Å². The molecule has 2 aromatic carbocycles. The van der Waals surface area contributed by atoms with Crippen molar-refractivity contribution in [2.45, 2.75) is 23.6 Å². The number of rotatable bonds is 3. The quantitative estimate of drug-likeness (QED) is 0.669. The minimum absolute atomic E-state index is 0.000247. The van der Waals surface area contributed by atoms with Crippen molar-refractivity contribution in [3.63, 3.8) is 0 Å². The smallest absolute Gasteiger partial charge is 0.161 e. The molecule has 18 heavy (non-hydrogen) atoms. The van der Waals surface area contributed by atoms with E-state index in [-0.39, 0.29) is 5.78 Å². The van der Waals surface area contributed by atoms with Crippen LogP contribution in [0.25, 0.3) is 0 Å². The predicted molar refractivity (Wildman–Crippen MR) is 76.2 cm³/mol. The molecule has 2 N–H and O–H groups in total. The number of Topliss-reactive ketones (excluding diaryl/α,β-unsaturated/α-hetero) is 1. The lowest BCUT2D eigenvalue weighted by Gasteiger charge is -2.08. The molecule has 0 spiro atoms. The molecule has 0 heterocycles. The SMILES string of the molecule is CC(=O)c1cc(Sc2ccccc2C)ccc1N. The Hall–Kier alpha value is -1.74. The Morgan fingerprint density at radius 3 is 2.56 bits per heavy atom. The summed E-state index contributed by atoms with van der Waals surface area (Å²) in [5.74, 6) is -0.000247. The lowest BCUT2D eigenvalue weighted by atomic mass is 10.1. The summed E-state index contributed by atoms with van der Waals surface area (Å²) in [6.07, 6.45) is 0. The van der Waals surface area contributed by atoms with Crippen LogP contribution >= 0.6 is 11.8 Å². The topological polar surface area (TPSA) is 43.1 Å². The van der Waals surface area contributed by atoms with Gasteiger partial charge in [-0.1, -0.05) is 30.0 Å². The monoisotopic (exact) mass is 257 g/mol. The Bertz CT molecular complexity index is 593. The largest absolute Gasteiger partial charge is 0.398 e. The van der Waals surface area contributed by atoms with Crippen LogP contribution in [0.15, 0.2) is 52.3 Å². The van der Waals surface area contributed by atoms with Gasteiger partial charge in [0, 0.05) is 21.0 Å². The second kappa shape index (κ2) is 5.27. The van der Waals surface area contributed by atoms with Crippen molar-refractivity contribution in [3.05, 3.63) is 53.6 Å². The molecule has 0 aliphatic rings. The molecular weight excluding hydrogens is 242 g/mol. The van der Waals surface area contributed by atoms with Gasteiger partial charge < -0.3 is 5.73 Å².